The van der Waals surface area contributed by atoms with Gasteiger partial charge in [-0.15, -0.1) is 11.3 Å². The number of thiophene rings is 1. The summed E-state index contributed by atoms with van der Waals surface area (Å²) in [7, 11) is 1.83. The van der Waals surface area contributed by atoms with Crippen molar-refractivity contribution in [3.05, 3.63) is 21.9 Å². The topological polar surface area (TPSA) is 29.5 Å². The zero-order valence-corrected chi connectivity index (χ0v) is 11.6. The summed E-state index contributed by atoms with van der Waals surface area (Å²) in [5, 5.41) is 2.12. The molecule has 4 heteroatoms. The summed E-state index contributed by atoms with van der Waals surface area (Å²) in [6.45, 7) is 5.68. The van der Waals surface area contributed by atoms with E-state index in [-0.39, 0.29) is 12.1 Å². The number of amides is 1. The molecule has 0 saturated heterocycles. The molecule has 0 aliphatic heterocycles. The number of hydrogen-bond donors (Lipinski definition) is 0. The molecule has 0 spiro atoms. The zero-order chi connectivity index (χ0) is 12.6. The average molecular weight is 253 g/mol. The van der Waals surface area contributed by atoms with Gasteiger partial charge < -0.3 is 9.64 Å². The van der Waals surface area contributed by atoms with Gasteiger partial charge in [0.15, 0.2) is 0 Å². The lowest BCUT2D eigenvalue weighted by molar-refractivity contribution is 0.0230. The van der Waals surface area contributed by atoms with Gasteiger partial charge in [-0.2, -0.15) is 0 Å². The van der Waals surface area contributed by atoms with Gasteiger partial charge in [-0.1, -0.05) is 0 Å². The Labute approximate surface area is 106 Å². The average Bonchev–Trinajstić information content (AvgIpc) is 2.72. The van der Waals surface area contributed by atoms with Crippen LogP contribution in [-0.2, 0) is 17.6 Å². The fourth-order valence-corrected chi connectivity index (χ4v) is 3.01. The number of rotatable bonds is 1. The van der Waals surface area contributed by atoms with Gasteiger partial charge in [-0.3, -0.25) is 0 Å². The van der Waals surface area contributed by atoms with Gasteiger partial charge in [0.1, 0.15) is 5.60 Å². The highest BCUT2D eigenvalue weighted by atomic mass is 32.1. The molecule has 0 radical (unpaired) electrons. The summed E-state index contributed by atoms with van der Waals surface area (Å²) in [5.74, 6) is 0. The summed E-state index contributed by atoms with van der Waals surface area (Å²) in [5.41, 5.74) is 0.963. The van der Waals surface area contributed by atoms with Gasteiger partial charge in [0.05, 0.1) is 0 Å². The molecular weight excluding hydrogens is 234 g/mol. The molecule has 1 unspecified atom stereocenters. The van der Waals surface area contributed by atoms with Crippen LogP contribution in [0.15, 0.2) is 11.4 Å². The van der Waals surface area contributed by atoms with E-state index in [2.05, 4.69) is 11.4 Å². The van der Waals surface area contributed by atoms with Gasteiger partial charge >= 0.3 is 6.09 Å². The zero-order valence-electron chi connectivity index (χ0n) is 10.8. The van der Waals surface area contributed by atoms with Crippen molar-refractivity contribution >= 4 is 17.4 Å². The maximum Gasteiger partial charge on any atom is 0.410 e. The highest BCUT2D eigenvalue weighted by molar-refractivity contribution is 7.10. The second kappa shape index (κ2) is 4.33. The number of likely N-dealkylation sites (N-methyl/N-ethyl adjacent to an activating group) is 1. The highest BCUT2D eigenvalue weighted by Crippen LogP contribution is 2.29. The van der Waals surface area contributed by atoms with Crippen molar-refractivity contribution in [3.63, 3.8) is 0 Å². The number of nitrogens with zero attached hydrogens (tertiary/aromatic N) is 1. The highest BCUT2D eigenvalue weighted by Gasteiger charge is 2.30. The van der Waals surface area contributed by atoms with E-state index in [0.29, 0.717) is 0 Å². The van der Waals surface area contributed by atoms with Gasteiger partial charge in [0.25, 0.3) is 0 Å². The number of fused-ring (bicyclic) bond motifs is 1. The Morgan fingerprint density at radius 2 is 2.18 bits per heavy atom. The van der Waals surface area contributed by atoms with Crippen LogP contribution in [0, 0.1) is 0 Å². The third-order valence-corrected chi connectivity index (χ3v) is 3.93. The molecule has 17 heavy (non-hydrogen) atoms. The van der Waals surface area contributed by atoms with E-state index in [9.17, 15) is 4.79 Å². The van der Waals surface area contributed by atoms with Gasteiger partial charge in [-0.05, 0) is 44.2 Å². The molecule has 1 aromatic heterocycles. The van der Waals surface area contributed by atoms with Crippen LogP contribution in [0.2, 0.25) is 0 Å². The van der Waals surface area contributed by atoms with Crippen LogP contribution in [0.3, 0.4) is 0 Å². The van der Waals surface area contributed by atoms with Gasteiger partial charge in [0, 0.05) is 24.4 Å². The molecule has 0 fully saturated rings. The molecule has 0 aromatic carbocycles. The number of carbonyl (C=O) groups excluding carboxylic acids is 1. The van der Waals surface area contributed by atoms with Crippen LogP contribution in [0.1, 0.15) is 31.2 Å². The predicted molar refractivity (Wildman–Crippen MR) is 69.5 cm³/mol. The lowest BCUT2D eigenvalue weighted by Gasteiger charge is -2.28. The van der Waals surface area contributed by atoms with Crippen molar-refractivity contribution in [1.82, 2.24) is 4.90 Å². The molecule has 2 rings (SSSR count). The molecule has 0 saturated carbocycles. The molecule has 1 aromatic rings. The maximum atomic E-state index is 11.9. The monoisotopic (exact) mass is 253 g/mol. The normalized spacial score (nSPS) is 18.9. The molecule has 0 N–H and O–H groups in total. The Hall–Kier alpha value is -1.03. The van der Waals surface area contributed by atoms with E-state index in [4.69, 9.17) is 4.74 Å². The first-order chi connectivity index (χ1) is 7.87. The van der Waals surface area contributed by atoms with Crippen molar-refractivity contribution < 1.29 is 9.53 Å². The maximum absolute atomic E-state index is 11.9. The van der Waals surface area contributed by atoms with E-state index in [0.717, 1.165) is 12.8 Å². The van der Waals surface area contributed by atoms with Crippen LogP contribution >= 0.6 is 11.3 Å². The van der Waals surface area contributed by atoms with Crippen LogP contribution < -0.4 is 0 Å². The minimum absolute atomic E-state index is 0.224. The Morgan fingerprint density at radius 1 is 1.47 bits per heavy atom. The lowest BCUT2D eigenvalue weighted by atomic mass is 10.2. The van der Waals surface area contributed by atoms with Crippen LogP contribution in [-0.4, -0.2) is 29.7 Å². The van der Waals surface area contributed by atoms with E-state index in [1.165, 1.54) is 10.4 Å². The third kappa shape index (κ3) is 2.80. The van der Waals surface area contributed by atoms with Crippen molar-refractivity contribution in [1.29, 1.82) is 0 Å². The second-order valence-electron chi connectivity index (χ2n) is 5.52. The smallest absolute Gasteiger partial charge is 0.410 e. The summed E-state index contributed by atoms with van der Waals surface area (Å²) in [6, 6.07) is 2.41. The third-order valence-electron chi connectivity index (χ3n) is 2.94. The van der Waals surface area contributed by atoms with Crippen LogP contribution in [0.4, 0.5) is 4.79 Å². The quantitative estimate of drug-likeness (QED) is 0.769. The molecule has 3 nitrogen and oxygen atoms in total. The van der Waals surface area contributed by atoms with E-state index in [1.54, 1.807) is 16.2 Å². The fourth-order valence-electron chi connectivity index (χ4n) is 2.02. The van der Waals surface area contributed by atoms with E-state index >= 15 is 0 Å². The van der Waals surface area contributed by atoms with Crippen molar-refractivity contribution in [2.45, 2.75) is 45.3 Å². The molecule has 1 aliphatic carbocycles. The molecular formula is C13H19NO2S. The Morgan fingerprint density at radius 3 is 2.76 bits per heavy atom. The molecule has 1 heterocycles. The Balaban J connectivity index is 1.96. The van der Waals surface area contributed by atoms with Crippen molar-refractivity contribution in [2.75, 3.05) is 7.05 Å². The number of ether oxygens (including phenoxy) is 1. The first-order valence-corrected chi connectivity index (χ1v) is 6.76. The second-order valence-corrected chi connectivity index (χ2v) is 6.52. The van der Waals surface area contributed by atoms with Gasteiger partial charge in [-0.25, -0.2) is 4.79 Å². The fraction of sp³-hybridized carbons (Fsp3) is 0.615. The van der Waals surface area contributed by atoms with E-state index < -0.39 is 5.60 Å². The summed E-state index contributed by atoms with van der Waals surface area (Å²) < 4.78 is 5.38. The van der Waals surface area contributed by atoms with Crippen molar-refractivity contribution in [2.24, 2.45) is 0 Å². The summed E-state index contributed by atoms with van der Waals surface area (Å²) >= 11 is 1.78. The number of carbonyl (C=O) groups is 1. The van der Waals surface area contributed by atoms with Crippen molar-refractivity contribution in [3.8, 4) is 0 Å². The molecule has 1 atom stereocenters. The first kappa shape index (κ1) is 12.4. The van der Waals surface area contributed by atoms with E-state index in [1.807, 2.05) is 27.8 Å². The van der Waals surface area contributed by atoms with Gasteiger partial charge in [0.2, 0.25) is 0 Å². The summed E-state index contributed by atoms with van der Waals surface area (Å²) in [6.07, 6.45) is 1.69. The van der Waals surface area contributed by atoms with Crippen LogP contribution in [0.25, 0.3) is 0 Å². The Kier molecular flexibility index (Phi) is 3.17. The lowest BCUT2D eigenvalue weighted by Crippen LogP contribution is -2.41. The molecule has 1 aliphatic rings. The molecule has 1 amide bonds. The molecule has 94 valence electrons. The summed E-state index contributed by atoms with van der Waals surface area (Å²) in [4.78, 5) is 15.1. The minimum atomic E-state index is -0.422. The molecule has 0 bridgehead atoms. The standard InChI is InChI=1S/C13H19NO2S/c1-13(2,3)16-12(15)14(4)10-7-9-5-6-17-11(9)8-10/h5-6,10H,7-8H2,1-4H3. The minimum Gasteiger partial charge on any atom is -0.444 e. The van der Waals surface area contributed by atoms with Crippen LogP contribution in [0.5, 0.6) is 0 Å². The number of hydrogen-bond acceptors (Lipinski definition) is 3. The first-order valence-electron chi connectivity index (χ1n) is 5.88. The SMILES string of the molecule is CN(C(=O)OC(C)(C)C)C1Cc2ccsc2C1. The predicted octanol–water partition coefficient (Wildman–Crippen LogP) is 3.08. The Bertz CT molecular complexity index is 399. The largest absolute Gasteiger partial charge is 0.444 e.